The first-order valence-electron chi connectivity index (χ1n) is 10.5. The van der Waals surface area contributed by atoms with Crippen LogP contribution in [0.25, 0.3) is 11.6 Å². The fourth-order valence-corrected chi connectivity index (χ4v) is 5.08. The van der Waals surface area contributed by atoms with E-state index in [0.717, 1.165) is 15.4 Å². The van der Waals surface area contributed by atoms with E-state index in [1.54, 1.807) is 37.7 Å². The molecule has 0 saturated carbocycles. The minimum Gasteiger partial charge on any atom is -1.00 e. The second-order valence-corrected chi connectivity index (χ2v) is 8.88. The molecule has 8 nitrogen and oxygen atoms in total. The van der Waals surface area contributed by atoms with Gasteiger partial charge < -0.3 is 26.0 Å². The van der Waals surface area contributed by atoms with Crippen molar-refractivity contribution in [3.63, 3.8) is 0 Å². The molecule has 1 aliphatic rings. The van der Waals surface area contributed by atoms with Gasteiger partial charge in [0, 0.05) is 18.0 Å². The number of benzene rings is 1. The van der Waals surface area contributed by atoms with Gasteiger partial charge >= 0.3 is 41.5 Å². The first kappa shape index (κ1) is 27.7. The number of methoxy groups -OCH3 is 2. The van der Waals surface area contributed by atoms with Crippen LogP contribution in [-0.2, 0) is 9.59 Å². The van der Waals surface area contributed by atoms with Crippen LogP contribution >= 0.6 is 11.3 Å². The molecule has 1 fully saturated rings. The van der Waals surface area contributed by atoms with Gasteiger partial charge in [-0.3, -0.25) is 9.59 Å². The molecule has 34 heavy (non-hydrogen) atoms. The molecule has 0 radical (unpaired) electrons. The number of carboxylic acids is 2. The van der Waals surface area contributed by atoms with E-state index < -0.39 is 17.9 Å². The van der Waals surface area contributed by atoms with E-state index in [4.69, 9.17) is 14.6 Å². The summed E-state index contributed by atoms with van der Waals surface area (Å²) in [5.41, 5.74) is 1.23. The number of thiophene rings is 1. The molecular weight excluding hydrogens is 467 g/mol. The summed E-state index contributed by atoms with van der Waals surface area (Å²) >= 11 is 1.55. The monoisotopic (exact) mass is 494 g/mol. The van der Waals surface area contributed by atoms with Crippen LogP contribution in [0.1, 0.15) is 31.1 Å². The Labute approximate surface area is 226 Å². The Morgan fingerprint density at radius 2 is 1.88 bits per heavy atom. The molecule has 1 aromatic carbocycles. The number of aliphatic carboxylic acids is 2. The number of carboxylic acid groups (broad SMARTS) is 2. The molecule has 2 heterocycles. The van der Waals surface area contributed by atoms with Crippen molar-refractivity contribution < 1.29 is 60.3 Å². The quantitative estimate of drug-likeness (QED) is 0.396. The van der Waals surface area contributed by atoms with Crippen LogP contribution in [0, 0.1) is 23.2 Å². The van der Waals surface area contributed by atoms with Gasteiger partial charge in [-0.05, 0) is 60.7 Å². The predicted octanol–water partition coefficient (Wildman–Crippen LogP) is 1.34. The van der Waals surface area contributed by atoms with Crippen molar-refractivity contribution in [2.75, 3.05) is 32.2 Å². The molecular formula is C24H27N2NaO6S. The van der Waals surface area contributed by atoms with Crippen LogP contribution in [0.5, 0.6) is 11.5 Å². The summed E-state index contributed by atoms with van der Waals surface area (Å²) in [5.74, 6) is -1.99. The molecule has 2 aromatic rings. The standard InChI is InChI=1S/C24H26N2O6S.Na.H/c1-31-20-5-3-16(12-21(20)32-2)17(14-25)11-18-4-6-22(33-18)26-9-7-15(8-10-26)19(24(29)30)13-23(27)28;;/h3-6,11-12,15,19H,7-10,13H2,1-2H3,(H,27,28)(H,29,30);;/q;+1;-1. The Bertz CT molecular complexity index is 1090. The van der Waals surface area contributed by atoms with Gasteiger partial charge in [-0.15, -0.1) is 11.3 Å². The maximum Gasteiger partial charge on any atom is 1.00 e. The summed E-state index contributed by atoms with van der Waals surface area (Å²) in [6.45, 7) is 1.33. The zero-order valence-corrected chi connectivity index (χ0v) is 22.3. The van der Waals surface area contributed by atoms with E-state index in [2.05, 4.69) is 11.0 Å². The van der Waals surface area contributed by atoms with Gasteiger partial charge in [-0.1, -0.05) is 0 Å². The summed E-state index contributed by atoms with van der Waals surface area (Å²) in [6, 6.07) is 11.5. The van der Waals surface area contributed by atoms with Crippen LogP contribution in [0.4, 0.5) is 5.00 Å². The number of rotatable bonds is 9. The number of allylic oxidation sites excluding steroid dienone is 1. The largest absolute Gasteiger partial charge is 1.00 e. The van der Waals surface area contributed by atoms with Gasteiger partial charge in [0.15, 0.2) is 11.5 Å². The molecule has 3 rings (SSSR count). The minimum atomic E-state index is -1.08. The molecule has 176 valence electrons. The van der Waals surface area contributed by atoms with E-state index in [1.165, 1.54) is 0 Å². The zero-order valence-electron chi connectivity index (χ0n) is 20.5. The van der Waals surface area contributed by atoms with Gasteiger partial charge in [-0.25, -0.2) is 0 Å². The molecule has 10 heteroatoms. The Hall–Kier alpha value is -2.51. The van der Waals surface area contributed by atoms with Gasteiger partial charge in [0.25, 0.3) is 0 Å². The molecule has 1 aromatic heterocycles. The topological polar surface area (TPSA) is 120 Å². The Kier molecular flexibility index (Phi) is 10.5. The SMILES string of the molecule is COc1ccc(C(C#N)=Cc2ccc(N3CCC(C(CC(=O)O)C(=O)O)CC3)s2)cc1OC.[H-].[Na+]. The molecule has 1 atom stereocenters. The predicted molar refractivity (Wildman–Crippen MR) is 127 cm³/mol. The number of hydrogen-bond donors (Lipinski definition) is 2. The Morgan fingerprint density at radius 3 is 2.44 bits per heavy atom. The molecule has 0 spiro atoms. The van der Waals surface area contributed by atoms with E-state index in [0.29, 0.717) is 43.0 Å². The molecule has 1 unspecified atom stereocenters. The van der Waals surface area contributed by atoms with Crippen molar-refractivity contribution in [1.29, 1.82) is 5.26 Å². The normalized spacial score (nSPS) is 15.1. The summed E-state index contributed by atoms with van der Waals surface area (Å²) in [7, 11) is 3.11. The zero-order chi connectivity index (χ0) is 24.0. The number of ether oxygens (including phenoxy) is 2. The summed E-state index contributed by atoms with van der Waals surface area (Å²) in [4.78, 5) is 25.6. The maximum absolute atomic E-state index is 11.5. The van der Waals surface area contributed by atoms with Crippen LogP contribution in [0.2, 0.25) is 0 Å². The number of anilines is 1. The van der Waals surface area contributed by atoms with Crippen LogP contribution in [-0.4, -0.2) is 49.5 Å². The van der Waals surface area contributed by atoms with Crippen molar-refractivity contribution >= 4 is 39.9 Å². The molecule has 0 bridgehead atoms. The number of nitrogens with zero attached hydrogens (tertiary/aromatic N) is 2. The first-order valence-corrected chi connectivity index (χ1v) is 11.3. The molecule has 0 aliphatic carbocycles. The number of carbonyl (C=O) groups is 2. The van der Waals surface area contributed by atoms with Crippen LogP contribution in [0.3, 0.4) is 0 Å². The third-order valence-electron chi connectivity index (χ3n) is 5.85. The minimum absolute atomic E-state index is 0. The Morgan fingerprint density at radius 1 is 1.21 bits per heavy atom. The molecule has 0 amide bonds. The summed E-state index contributed by atoms with van der Waals surface area (Å²) in [5, 5.41) is 29.1. The molecule has 1 aliphatic heterocycles. The molecule has 1 saturated heterocycles. The molecule has 2 N–H and O–H groups in total. The van der Waals surface area contributed by atoms with Gasteiger partial charge in [0.1, 0.15) is 0 Å². The van der Waals surface area contributed by atoms with Crippen LogP contribution in [0.15, 0.2) is 30.3 Å². The first-order chi connectivity index (χ1) is 15.9. The van der Waals surface area contributed by atoms with Gasteiger partial charge in [0.05, 0.1) is 43.2 Å². The number of nitriles is 1. The third-order valence-corrected chi connectivity index (χ3v) is 6.94. The second-order valence-electron chi connectivity index (χ2n) is 7.78. The maximum atomic E-state index is 11.5. The van der Waals surface area contributed by atoms with Gasteiger partial charge in [-0.2, -0.15) is 5.26 Å². The summed E-state index contributed by atoms with van der Waals surface area (Å²) < 4.78 is 10.6. The van der Waals surface area contributed by atoms with E-state index in [9.17, 15) is 20.0 Å². The number of hydrogen-bond acceptors (Lipinski definition) is 7. The van der Waals surface area contributed by atoms with Crippen molar-refractivity contribution in [3.8, 4) is 17.6 Å². The summed E-state index contributed by atoms with van der Waals surface area (Å²) in [6.07, 6.45) is 2.74. The van der Waals surface area contributed by atoms with Crippen molar-refractivity contribution in [3.05, 3.63) is 40.8 Å². The van der Waals surface area contributed by atoms with Crippen molar-refractivity contribution in [1.82, 2.24) is 0 Å². The van der Waals surface area contributed by atoms with E-state index in [1.807, 2.05) is 24.3 Å². The average molecular weight is 495 g/mol. The van der Waals surface area contributed by atoms with Crippen LogP contribution < -0.4 is 43.9 Å². The second kappa shape index (κ2) is 12.8. The fourth-order valence-electron chi connectivity index (χ4n) is 4.08. The Balaban J connectivity index is 0.00000306. The fraction of sp³-hybridized carbons (Fsp3) is 0.375. The number of piperidine rings is 1. The van der Waals surface area contributed by atoms with Gasteiger partial charge in [0.2, 0.25) is 0 Å². The third kappa shape index (κ3) is 6.76. The smallest absolute Gasteiger partial charge is 1.00 e. The van der Waals surface area contributed by atoms with Crippen molar-refractivity contribution in [2.45, 2.75) is 19.3 Å². The van der Waals surface area contributed by atoms with E-state index in [-0.39, 0.29) is 43.3 Å². The average Bonchev–Trinajstić information content (AvgIpc) is 3.29. The van der Waals surface area contributed by atoms with E-state index >= 15 is 0 Å². The van der Waals surface area contributed by atoms with Crippen molar-refractivity contribution in [2.24, 2.45) is 11.8 Å².